The molecule has 0 aliphatic carbocycles. The van der Waals surface area contributed by atoms with Crippen molar-refractivity contribution in [1.29, 1.82) is 0 Å². The average Bonchev–Trinajstić information content (AvgIpc) is 2.16. The summed E-state index contributed by atoms with van der Waals surface area (Å²) in [5.74, 6) is 0.806. The Balaban J connectivity index is 2.18. The molecule has 1 saturated heterocycles. The number of hydrogen-bond acceptors (Lipinski definition) is 2. The van der Waals surface area contributed by atoms with Crippen molar-refractivity contribution in [3.8, 4) is 0 Å². The van der Waals surface area contributed by atoms with E-state index in [1.54, 1.807) is 0 Å². The standard InChI is InChI=1S/C12H25NO/c1-4-7-13-8-9-14-12(10-13)6-5-11(2)3/h11-12H,4-10H2,1-3H3. The Labute approximate surface area is 88.6 Å². The molecule has 0 amide bonds. The Bertz CT molecular complexity index is 145. The summed E-state index contributed by atoms with van der Waals surface area (Å²) in [5, 5.41) is 0. The molecule has 1 rings (SSSR count). The molecule has 0 aromatic rings. The zero-order valence-corrected chi connectivity index (χ0v) is 9.96. The summed E-state index contributed by atoms with van der Waals surface area (Å²) in [7, 11) is 0. The Morgan fingerprint density at radius 1 is 1.43 bits per heavy atom. The maximum absolute atomic E-state index is 5.76. The monoisotopic (exact) mass is 199 g/mol. The Morgan fingerprint density at radius 3 is 2.86 bits per heavy atom. The van der Waals surface area contributed by atoms with Crippen LogP contribution in [0.15, 0.2) is 0 Å². The summed E-state index contributed by atoms with van der Waals surface area (Å²) >= 11 is 0. The molecule has 84 valence electrons. The third-order valence-electron chi connectivity index (χ3n) is 2.83. The van der Waals surface area contributed by atoms with Crippen molar-refractivity contribution in [2.24, 2.45) is 5.92 Å². The van der Waals surface area contributed by atoms with Gasteiger partial charge in [0.05, 0.1) is 12.7 Å². The second-order valence-electron chi connectivity index (χ2n) is 4.76. The van der Waals surface area contributed by atoms with Gasteiger partial charge in [-0.3, -0.25) is 4.90 Å². The second-order valence-corrected chi connectivity index (χ2v) is 4.76. The molecule has 0 N–H and O–H groups in total. The van der Waals surface area contributed by atoms with Crippen LogP contribution in [0.1, 0.15) is 40.0 Å². The fourth-order valence-electron chi connectivity index (χ4n) is 1.99. The molecule has 0 aromatic carbocycles. The van der Waals surface area contributed by atoms with Crippen LogP contribution >= 0.6 is 0 Å². The first-order valence-electron chi connectivity index (χ1n) is 6.06. The molecule has 0 bridgehead atoms. The first-order chi connectivity index (χ1) is 6.72. The van der Waals surface area contributed by atoms with Gasteiger partial charge in [-0.25, -0.2) is 0 Å². The molecule has 1 aliphatic rings. The van der Waals surface area contributed by atoms with Crippen molar-refractivity contribution in [3.05, 3.63) is 0 Å². The largest absolute Gasteiger partial charge is 0.376 e. The first kappa shape index (κ1) is 12.0. The summed E-state index contributed by atoms with van der Waals surface area (Å²) in [6, 6.07) is 0. The zero-order valence-electron chi connectivity index (χ0n) is 9.96. The third kappa shape index (κ3) is 4.43. The van der Waals surface area contributed by atoms with Crippen LogP contribution in [0.4, 0.5) is 0 Å². The van der Waals surface area contributed by atoms with Crippen LogP contribution in [0.5, 0.6) is 0 Å². The molecule has 1 unspecified atom stereocenters. The van der Waals surface area contributed by atoms with Gasteiger partial charge in [-0.15, -0.1) is 0 Å². The van der Waals surface area contributed by atoms with Gasteiger partial charge >= 0.3 is 0 Å². The maximum atomic E-state index is 5.76. The maximum Gasteiger partial charge on any atom is 0.0702 e. The van der Waals surface area contributed by atoms with Crippen molar-refractivity contribution in [2.45, 2.75) is 46.1 Å². The van der Waals surface area contributed by atoms with E-state index in [-0.39, 0.29) is 0 Å². The lowest BCUT2D eigenvalue weighted by Gasteiger charge is -2.33. The Morgan fingerprint density at radius 2 is 2.21 bits per heavy atom. The van der Waals surface area contributed by atoms with E-state index < -0.39 is 0 Å². The molecule has 14 heavy (non-hydrogen) atoms. The highest BCUT2D eigenvalue weighted by molar-refractivity contribution is 4.71. The molecule has 0 saturated carbocycles. The van der Waals surface area contributed by atoms with Gasteiger partial charge < -0.3 is 4.74 Å². The van der Waals surface area contributed by atoms with E-state index in [0.717, 1.165) is 25.6 Å². The van der Waals surface area contributed by atoms with Gasteiger partial charge in [-0.1, -0.05) is 20.8 Å². The van der Waals surface area contributed by atoms with E-state index in [0.29, 0.717) is 6.10 Å². The molecule has 0 radical (unpaired) electrons. The van der Waals surface area contributed by atoms with Gasteiger partial charge in [0.1, 0.15) is 0 Å². The van der Waals surface area contributed by atoms with E-state index in [1.165, 1.54) is 25.8 Å². The zero-order chi connectivity index (χ0) is 10.4. The van der Waals surface area contributed by atoms with Crippen molar-refractivity contribution in [3.63, 3.8) is 0 Å². The predicted octanol–water partition coefficient (Wildman–Crippen LogP) is 2.53. The molecular weight excluding hydrogens is 174 g/mol. The van der Waals surface area contributed by atoms with Crippen LogP contribution in [-0.4, -0.2) is 37.2 Å². The summed E-state index contributed by atoms with van der Waals surface area (Å²) < 4.78 is 5.76. The summed E-state index contributed by atoms with van der Waals surface area (Å²) in [4.78, 5) is 2.54. The van der Waals surface area contributed by atoms with E-state index in [2.05, 4.69) is 25.7 Å². The molecule has 0 spiro atoms. The number of rotatable bonds is 5. The van der Waals surface area contributed by atoms with E-state index >= 15 is 0 Å². The van der Waals surface area contributed by atoms with Crippen molar-refractivity contribution in [1.82, 2.24) is 4.90 Å². The van der Waals surface area contributed by atoms with Crippen LogP contribution < -0.4 is 0 Å². The van der Waals surface area contributed by atoms with E-state index in [9.17, 15) is 0 Å². The number of hydrogen-bond donors (Lipinski definition) is 0. The SMILES string of the molecule is CCCN1CCOC(CCC(C)C)C1. The topological polar surface area (TPSA) is 12.5 Å². The molecule has 0 aromatic heterocycles. The summed E-state index contributed by atoms with van der Waals surface area (Å²) in [5.41, 5.74) is 0. The van der Waals surface area contributed by atoms with E-state index in [4.69, 9.17) is 4.74 Å². The van der Waals surface area contributed by atoms with Crippen LogP contribution in [0.3, 0.4) is 0 Å². The molecule has 1 atom stereocenters. The lowest BCUT2D eigenvalue weighted by Crippen LogP contribution is -2.42. The molecule has 2 heteroatoms. The predicted molar refractivity (Wildman–Crippen MR) is 60.5 cm³/mol. The van der Waals surface area contributed by atoms with Crippen molar-refractivity contribution >= 4 is 0 Å². The van der Waals surface area contributed by atoms with Gasteiger partial charge in [0, 0.05) is 13.1 Å². The Hall–Kier alpha value is -0.0800. The molecule has 1 fully saturated rings. The minimum absolute atomic E-state index is 0.498. The minimum atomic E-state index is 0.498. The smallest absolute Gasteiger partial charge is 0.0702 e. The van der Waals surface area contributed by atoms with Crippen LogP contribution in [0.25, 0.3) is 0 Å². The number of morpholine rings is 1. The lowest BCUT2D eigenvalue weighted by atomic mass is 10.0. The quantitative estimate of drug-likeness (QED) is 0.674. The highest BCUT2D eigenvalue weighted by Crippen LogP contribution is 2.14. The first-order valence-corrected chi connectivity index (χ1v) is 6.06. The fourth-order valence-corrected chi connectivity index (χ4v) is 1.99. The molecule has 2 nitrogen and oxygen atoms in total. The van der Waals surface area contributed by atoms with Gasteiger partial charge in [-0.05, 0) is 31.7 Å². The van der Waals surface area contributed by atoms with Gasteiger partial charge in [0.15, 0.2) is 0 Å². The third-order valence-corrected chi connectivity index (χ3v) is 2.83. The minimum Gasteiger partial charge on any atom is -0.376 e. The molecule has 1 aliphatic heterocycles. The highest BCUT2D eigenvalue weighted by Gasteiger charge is 2.19. The number of nitrogens with zero attached hydrogens (tertiary/aromatic N) is 1. The normalized spacial score (nSPS) is 24.4. The van der Waals surface area contributed by atoms with Crippen molar-refractivity contribution in [2.75, 3.05) is 26.2 Å². The average molecular weight is 199 g/mol. The summed E-state index contributed by atoms with van der Waals surface area (Å²) in [6.45, 7) is 11.3. The van der Waals surface area contributed by atoms with Crippen LogP contribution in [0.2, 0.25) is 0 Å². The molecular formula is C12H25NO. The summed E-state index contributed by atoms with van der Waals surface area (Å²) in [6.07, 6.45) is 4.29. The highest BCUT2D eigenvalue weighted by atomic mass is 16.5. The second kappa shape index (κ2) is 6.41. The van der Waals surface area contributed by atoms with E-state index in [1.807, 2.05) is 0 Å². The lowest BCUT2D eigenvalue weighted by molar-refractivity contribution is -0.0338. The Kier molecular flexibility index (Phi) is 5.49. The van der Waals surface area contributed by atoms with Gasteiger partial charge in [-0.2, -0.15) is 0 Å². The fraction of sp³-hybridized carbons (Fsp3) is 1.00. The van der Waals surface area contributed by atoms with Gasteiger partial charge in [0.25, 0.3) is 0 Å². The van der Waals surface area contributed by atoms with Crippen LogP contribution in [0, 0.1) is 5.92 Å². The molecule has 1 heterocycles. The van der Waals surface area contributed by atoms with Crippen LogP contribution in [-0.2, 0) is 4.74 Å². The van der Waals surface area contributed by atoms with Gasteiger partial charge in [0.2, 0.25) is 0 Å². The van der Waals surface area contributed by atoms with Crippen molar-refractivity contribution < 1.29 is 4.74 Å². The number of ether oxygens (including phenoxy) is 1.